The van der Waals surface area contributed by atoms with Crippen LogP contribution in [0, 0.1) is 11.6 Å². The Kier molecular flexibility index (Phi) is 4.35. The normalized spacial score (nSPS) is 11.6. The van der Waals surface area contributed by atoms with Gasteiger partial charge >= 0.3 is 0 Å². The minimum atomic E-state index is -1.01. The van der Waals surface area contributed by atoms with E-state index in [9.17, 15) is 13.6 Å². The molecule has 0 saturated carbocycles. The minimum absolute atomic E-state index is 0.197. The number of pyridine rings is 1. The van der Waals surface area contributed by atoms with Crippen molar-refractivity contribution in [3.8, 4) is 11.1 Å². The maximum absolute atomic E-state index is 14.1. The van der Waals surface area contributed by atoms with E-state index in [1.807, 2.05) is 72.2 Å². The van der Waals surface area contributed by atoms with Crippen LogP contribution < -0.4 is 5.43 Å². The van der Waals surface area contributed by atoms with Gasteiger partial charge in [-0.15, -0.1) is 0 Å². The summed E-state index contributed by atoms with van der Waals surface area (Å²) in [5.41, 5.74) is 2.61. The topological polar surface area (TPSA) is 22.0 Å². The molecule has 0 N–H and O–H groups in total. The molecule has 0 aliphatic rings. The van der Waals surface area contributed by atoms with Gasteiger partial charge in [-0.25, -0.2) is 8.78 Å². The highest BCUT2D eigenvalue weighted by atomic mass is 19.2. The average molecular weight is 399 g/mol. The fourth-order valence-electron chi connectivity index (χ4n) is 4.35. The number of fused-ring (bicyclic) bond motifs is 3. The van der Waals surface area contributed by atoms with E-state index in [1.165, 1.54) is 0 Å². The molecule has 1 heterocycles. The van der Waals surface area contributed by atoms with Crippen molar-refractivity contribution in [3.05, 3.63) is 94.7 Å². The molecule has 30 heavy (non-hydrogen) atoms. The van der Waals surface area contributed by atoms with Crippen LogP contribution in [-0.4, -0.2) is 4.57 Å². The van der Waals surface area contributed by atoms with Gasteiger partial charge in [0.1, 0.15) is 0 Å². The molecule has 4 heteroatoms. The molecule has 0 saturated heterocycles. The first-order valence-electron chi connectivity index (χ1n) is 10.0. The molecular formula is C26H19F2NO. The standard InChI is InChI=1S/C26H19F2NO/c1-2-12-29-22-15-21(28)20(27)14-19(22)26(30)25-23(29)13-17-10-6-7-11-18(17)24(25)16-8-4-3-5-9-16/h3-11,13-15H,2,12H2,1H3. The van der Waals surface area contributed by atoms with Gasteiger partial charge in [-0.3, -0.25) is 4.79 Å². The molecule has 0 aliphatic carbocycles. The maximum Gasteiger partial charge on any atom is 0.197 e. The minimum Gasteiger partial charge on any atom is -0.340 e. The van der Waals surface area contributed by atoms with Crippen molar-refractivity contribution in [2.75, 3.05) is 0 Å². The average Bonchev–Trinajstić information content (AvgIpc) is 2.77. The number of aromatic nitrogens is 1. The summed E-state index contributed by atoms with van der Waals surface area (Å²) in [5.74, 6) is -1.96. The van der Waals surface area contributed by atoms with Crippen LogP contribution in [-0.2, 0) is 6.54 Å². The van der Waals surface area contributed by atoms with Gasteiger partial charge in [-0.05, 0) is 34.9 Å². The van der Waals surface area contributed by atoms with Crippen LogP contribution in [0.2, 0.25) is 0 Å². The predicted molar refractivity (Wildman–Crippen MR) is 119 cm³/mol. The SMILES string of the molecule is CCCn1c2cc(F)c(F)cc2c(=O)c2c(-c3ccccc3)c3ccccc3cc21. The highest BCUT2D eigenvalue weighted by Crippen LogP contribution is 2.36. The molecule has 0 bridgehead atoms. The number of benzene rings is 4. The highest BCUT2D eigenvalue weighted by molar-refractivity contribution is 6.14. The zero-order chi connectivity index (χ0) is 20.8. The number of halogens is 2. The summed E-state index contributed by atoms with van der Waals surface area (Å²) in [4.78, 5) is 13.6. The number of nitrogens with zero attached hydrogens (tertiary/aromatic N) is 1. The maximum atomic E-state index is 14.1. The van der Waals surface area contributed by atoms with E-state index in [0.29, 0.717) is 17.4 Å². The van der Waals surface area contributed by atoms with Gasteiger partial charge in [0, 0.05) is 23.6 Å². The van der Waals surface area contributed by atoms with Crippen LogP contribution in [0.1, 0.15) is 13.3 Å². The summed E-state index contributed by atoms with van der Waals surface area (Å²) < 4.78 is 30.1. The summed E-state index contributed by atoms with van der Waals surface area (Å²) in [5, 5.41) is 2.68. The Hall–Kier alpha value is -3.53. The predicted octanol–water partition coefficient (Wildman–Crippen LogP) is 6.66. The van der Waals surface area contributed by atoms with Gasteiger partial charge in [0.15, 0.2) is 17.1 Å². The molecule has 0 unspecified atom stereocenters. The van der Waals surface area contributed by atoms with Crippen molar-refractivity contribution in [2.45, 2.75) is 19.9 Å². The molecule has 0 radical (unpaired) electrons. The molecule has 4 aromatic carbocycles. The second-order valence-corrected chi connectivity index (χ2v) is 7.50. The smallest absolute Gasteiger partial charge is 0.197 e. The molecule has 0 spiro atoms. The summed E-state index contributed by atoms with van der Waals surface area (Å²) in [6, 6.07) is 21.8. The molecule has 0 amide bonds. The lowest BCUT2D eigenvalue weighted by molar-refractivity contribution is 0.510. The number of aryl methyl sites for hydroxylation is 1. The second-order valence-electron chi connectivity index (χ2n) is 7.50. The van der Waals surface area contributed by atoms with Crippen molar-refractivity contribution >= 4 is 32.6 Å². The molecule has 0 aliphatic heterocycles. The van der Waals surface area contributed by atoms with Gasteiger partial charge < -0.3 is 4.57 Å². The third-order valence-corrected chi connectivity index (χ3v) is 5.63. The quantitative estimate of drug-likeness (QED) is 0.311. The molecule has 2 nitrogen and oxygen atoms in total. The molecule has 1 aromatic heterocycles. The number of hydrogen-bond acceptors (Lipinski definition) is 1. The fraction of sp³-hybridized carbons (Fsp3) is 0.115. The van der Waals surface area contributed by atoms with Crippen LogP contribution in [0.25, 0.3) is 43.7 Å². The first-order chi connectivity index (χ1) is 14.6. The Morgan fingerprint density at radius 2 is 1.50 bits per heavy atom. The summed E-state index contributed by atoms with van der Waals surface area (Å²) in [6.45, 7) is 2.61. The van der Waals surface area contributed by atoms with Gasteiger partial charge in [-0.2, -0.15) is 0 Å². The van der Waals surface area contributed by atoms with Crippen molar-refractivity contribution in [3.63, 3.8) is 0 Å². The van der Waals surface area contributed by atoms with Crippen molar-refractivity contribution < 1.29 is 8.78 Å². The highest BCUT2D eigenvalue weighted by Gasteiger charge is 2.19. The van der Waals surface area contributed by atoms with E-state index < -0.39 is 11.6 Å². The largest absolute Gasteiger partial charge is 0.340 e. The van der Waals surface area contributed by atoms with Crippen molar-refractivity contribution in [1.29, 1.82) is 0 Å². The van der Waals surface area contributed by atoms with Crippen molar-refractivity contribution in [1.82, 2.24) is 4.57 Å². The van der Waals surface area contributed by atoms with E-state index in [2.05, 4.69) is 0 Å². The Morgan fingerprint density at radius 3 is 2.27 bits per heavy atom. The zero-order valence-corrected chi connectivity index (χ0v) is 16.5. The lowest BCUT2D eigenvalue weighted by Crippen LogP contribution is -2.13. The van der Waals surface area contributed by atoms with Crippen LogP contribution >= 0.6 is 0 Å². The first-order valence-corrected chi connectivity index (χ1v) is 10.0. The van der Waals surface area contributed by atoms with Crippen LogP contribution in [0.3, 0.4) is 0 Å². The Bertz CT molecular complexity index is 1490. The lowest BCUT2D eigenvalue weighted by atomic mass is 9.92. The van der Waals surface area contributed by atoms with Crippen molar-refractivity contribution in [2.24, 2.45) is 0 Å². The molecule has 148 valence electrons. The third kappa shape index (κ3) is 2.71. The van der Waals surface area contributed by atoms with Gasteiger partial charge in [0.05, 0.1) is 16.4 Å². The molecule has 0 atom stereocenters. The summed E-state index contributed by atoms with van der Waals surface area (Å²) in [6.07, 6.45) is 0.791. The summed E-state index contributed by atoms with van der Waals surface area (Å²) >= 11 is 0. The monoisotopic (exact) mass is 399 g/mol. The van der Waals surface area contributed by atoms with Gasteiger partial charge in [-0.1, -0.05) is 61.5 Å². The third-order valence-electron chi connectivity index (χ3n) is 5.63. The van der Waals surface area contributed by atoms with E-state index in [0.717, 1.165) is 46.0 Å². The fourth-order valence-corrected chi connectivity index (χ4v) is 4.35. The Balaban J connectivity index is 2.11. The molecule has 5 aromatic rings. The molecule has 5 rings (SSSR count). The van der Waals surface area contributed by atoms with E-state index in [4.69, 9.17) is 0 Å². The van der Waals surface area contributed by atoms with Crippen LogP contribution in [0.4, 0.5) is 8.78 Å². The molecular weight excluding hydrogens is 380 g/mol. The number of hydrogen-bond donors (Lipinski definition) is 0. The lowest BCUT2D eigenvalue weighted by Gasteiger charge is -2.19. The zero-order valence-electron chi connectivity index (χ0n) is 16.5. The molecule has 0 fully saturated rings. The van der Waals surface area contributed by atoms with Crippen LogP contribution in [0.15, 0.2) is 77.6 Å². The Morgan fingerprint density at radius 1 is 0.800 bits per heavy atom. The first kappa shape index (κ1) is 18.5. The number of rotatable bonds is 3. The van der Waals surface area contributed by atoms with Gasteiger partial charge in [0.2, 0.25) is 0 Å². The van der Waals surface area contributed by atoms with E-state index in [1.54, 1.807) is 0 Å². The van der Waals surface area contributed by atoms with E-state index >= 15 is 0 Å². The van der Waals surface area contributed by atoms with Crippen LogP contribution in [0.5, 0.6) is 0 Å². The summed E-state index contributed by atoms with van der Waals surface area (Å²) in [7, 11) is 0. The van der Waals surface area contributed by atoms with Gasteiger partial charge in [0.25, 0.3) is 0 Å². The Labute approximate surface area is 172 Å². The second kappa shape index (κ2) is 7.06. The van der Waals surface area contributed by atoms with E-state index in [-0.39, 0.29) is 10.8 Å².